The van der Waals surface area contributed by atoms with Crippen LogP contribution in [0.15, 0.2) is 36.4 Å². The smallest absolute Gasteiger partial charge is 0.0167 e. The monoisotopic (exact) mass is 258 g/mol. The van der Waals surface area contributed by atoms with Gasteiger partial charge in [-0.1, -0.05) is 56.3 Å². The molecule has 0 saturated carbocycles. The van der Waals surface area contributed by atoms with Gasteiger partial charge in [0.25, 0.3) is 0 Å². The topological polar surface area (TPSA) is 6.48 Å². The predicted molar refractivity (Wildman–Crippen MR) is 83.2 cm³/mol. The molecule has 0 radical (unpaired) electrons. The second-order valence-electron chi connectivity index (χ2n) is 5.81. The molecule has 2 rings (SSSR count). The summed E-state index contributed by atoms with van der Waals surface area (Å²) in [7, 11) is 0. The maximum Gasteiger partial charge on any atom is 0.0167 e. The van der Waals surface area contributed by atoms with Crippen LogP contribution in [0.5, 0.6) is 0 Å². The first kappa shape index (κ1) is 14.3. The third-order valence-corrected chi connectivity index (χ3v) is 3.56. The summed E-state index contributed by atoms with van der Waals surface area (Å²) in [5, 5.41) is 0. The summed E-state index contributed by atoms with van der Waals surface area (Å²) < 4.78 is 0. The zero-order valence-electron chi connectivity index (χ0n) is 12.3. The molecule has 1 saturated heterocycles. The van der Waals surface area contributed by atoms with Crippen LogP contribution < -0.4 is 0 Å². The van der Waals surface area contributed by atoms with Gasteiger partial charge in [-0.15, -0.1) is 0 Å². The minimum atomic E-state index is 0.782. The van der Waals surface area contributed by atoms with Crippen molar-refractivity contribution in [3.63, 3.8) is 0 Å². The number of benzene rings is 1. The first-order valence-electron chi connectivity index (χ1n) is 7.40. The van der Waals surface area contributed by atoms with Crippen LogP contribution in [-0.2, 0) is 0 Å². The largest absolute Gasteiger partial charge is 0.301 e. The molecule has 0 bridgehead atoms. The fourth-order valence-corrected chi connectivity index (χ4v) is 2.57. The molecule has 0 unspecified atom stereocenters. The van der Waals surface area contributed by atoms with Crippen molar-refractivity contribution in [1.29, 1.82) is 0 Å². The van der Waals surface area contributed by atoms with Gasteiger partial charge in [0.15, 0.2) is 0 Å². The van der Waals surface area contributed by atoms with E-state index in [9.17, 15) is 0 Å². The lowest BCUT2D eigenvalue weighted by Gasteiger charge is -2.34. The molecule has 0 N–H and O–H groups in total. The highest BCUT2D eigenvalue weighted by molar-refractivity contribution is 5.48. The number of hydrogen-bond acceptors (Lipinski definition) is 2. The van der Waals surface area contributed by atoms with E-state index in [1.807, 2.05) is 0 Å². The third-order valence-electron chi connectivity index (χ3n) is 3.56. The molecule has 1 fully saturated rings. The predicted octanol–water partition coefficient (Wildman–Crippen LogP) is 2.97. The van der Waals surface area contributed by atoms with Crippen molar-refractivity contribution in [2.75, 3.05) is 39.3 Å². The Labute approximate surface area is 117 Å². The first-order valence-corrected chi connectivity index (χ1v) is 7.40. The highest BCUT2D eigenvalue weighted by atomic mass is 15.3. The lowest BCUT2D eigenvalue weighted by Crippen LogP contribution is -2.47. The molecular formula is C17H26N2. The molecule has 0 atom stereocenters. The Kier molecular flexibility index (Phi) is 5.62. The van der Waals surface area contributed by atoms with E-state index in [0.29, 0.717) is 0 Å². The highest BCUT2D eigenvalue weighted by Gasteiger charge is 2.15. The van der Waals surface area contributed by atoms with Gasteiger partial charge in [-0.2, -0.15) is 0 Å². The van der Waals surface area contributed by atoms with E-state index < -0.39 is 0 Å². The van der Waals surface area contributed by atoms with E-state index in [1.54, 1.807) is 0 Å². The van der Waals surface area contributed by atoms with Gasteiger partial charge in [-0.25, -0.2) is 0 Å². The summed E-state index contributed by atoms with van der Waals surface area (Å²) in [4.78, 5) is 5.12. The van der Waals surface area contributed by atoms with Crippen molar-refractivity contribution in [3.8, 4) is 0 Å². The van der Waals surface area contributed by atoms with Crippen LogP contribution in [0.25, 0.3) is 6.08 Å². The standard InChI is InChI=1S/C17H26N2/c1-16(2)15-19-13-11-18(12-14-19)10-6-9-17-7-4-3-5-8-17/h3-9,16H,10-15H2,1-2H3/b9-6+. The molecule has 2 nitrogen and oxygen atoms in total. The van der Waals surface area contributed by atoms with E-state index in [-0.39, 0.29) is 0 Å². The van der Waals surface area contributed by atoms with Gasteiger partial charge in [0.1, 0.15) is 0 Å². The van der Waals surface area contributed by atoms with Crippen LogP contribution in [0.3, 0.4) is 0 Å². The number of piperazine rings is 1. The lowest BCUT2D eigenvalue weighted by atomic mass is 10.2. The molecule has 0 amide bonds. The second kappa shape index (κ2) is 7.46. The average Bonchev–Trinajstić information content (AvgIpc) is 2.41. The quantitative estimate of drug-likeness (QED) is 0.801. The molecule has 1 aliphatic rings. The van der Waals surface area contributed by atoms with Crippen molar-refractivity contribution < 1.29 is 0 Å². The Morgan fingerprint density at radius 3 is 2.26 bits per heavy atom. The maximum absolute atomic E-state index is 2.59. The van der Waals surface area contributed by atoms with Crippen LogP contribution in [0.2, 0.25) is 0 Å². The Morgan fingerprint density at radius 1 is 1.00 bits per heavy atom. The molecule has 104 valence electrons. The van der Waals surface area contributed by atoms with Gasteiger partial charge >= 0.3 is 0 Å². The minimum Gasteiger partial charge on any atom is -0.301 e. The van der Waals surface area contributed by atoms with Gasteiger partial charge in [-0.05, 0) is 11.5 Å². The Balaban J connectivity index is 1.70. The molecule has 19 heavy (non-hydrogen) atoms. The fraction of sp³-hybridized carbons (Fsp3) is 0.529. The normalized spacial score (nSPS) is 18.5. The molecule has 1 aliphatic heterocycles. The van der Waals surface area contributed by atoms with E-state index >= 15 is 0 Å². The van der Waals surface area contributed by atoms with E-state index in [0.717, 1.165) is 12.5 Å². The first-order chi connectivity index (χ1) is 9.24. The molecule has 0 spiro atoms. The van der Waals surface area contributed by atoms with Crippen molar-refractivity contribution in [3.05, 3.63) is 42.0 Å². The van der Waals surface area contributed by atoms with Crippen LogP contribution in [0.4, 0.5) is 0 Å². The zero-order valence-corrected chi connectivity index (χ0v) is 12.3. The van der Waals surface area contributed by atoms with Crippen LogP contribution >= 0.6 is 0 Å². The van der Waals surface area contributed by atoms with Gasteiger partial charge in [-0.3, -0.25) is 4.90 Å². The highest BCUT2D eigenvalue weighted by Crippen LogP contribution is 2.06. The van der Waals surface area contributed by atoms with Crippen LogP contribution in [-0.4, -0.2) is 49.1 Å². The van der Waals surface area contributed by atoms with Gasteiger partial charge < -0.3 is 4.90 Å². The Hall–Kier alpha value is -1.12. The minimum absolute atomic E-state index is 0.782. The summed E-state index contributed by atoms with van der Waals surface area (Å²) in [6, 6.07) is 10.5. The lowest BCUT2D eigenvalue weighted by molar-refractivity contribution is 0.131. The summed E-state index contributed by atoms with van der Waals surface area (Å²) in [5.41, 5.74) is 1.29. The fourth-order valence-electron chi connectivity index (χ4n) is 2.57. The Bertz CT molecular complexity index is 376. The SMILES string of the molecule is CC(C)CN1CCN(C/C=C/c2ccccc2)CC1. The number of nitrogens with zero attached hydrogens (tertiary/aromatic N) is 2. The van der Waals surface area contributed by atoms with E-state index in [4.69, 9.17) is 0 Å². The molecule has 0 aromatic heterocycles. The van der Waals surface area contributed by atoms with Crippen molar-refractivity contribution in [2.45, 2.75) is 13.8 Å². The zero-order chi connectivity index (χ0) is 13.5. The van der Waals surface area contributed by atoms with E-state index in [1.165, 1.54) is 38.3 Å². The van der Waals surface area contributed by atoms with Crippen molar-refractivity contribution >= 4 is 6.08 Å². The maximum atomic E-state index is 2.59. The number of rotatable bonds is 5. The van der Waals surface area contributed by atoms with Crippen LogP contribution in [0, 0.1) is 5.92 Å². The molecule has 1 heterocycles. The number of hydrogen-bond donors (Lipinski definition) is 0. The van der Waals surface area contributed by atoms with Crippen molar-refractivity contribution in [2.24, 2.45) is 5.92 Å². The summed E-state index contributed by atoms with van der Waals surface area (Å²) in [5.74, 6) is 0.782. The molecular weight excluding hydrogens is 232 g/mol. The summed E-state index contributed by atoms with van der Waals surface area (Å²) >= 11 is 0. The summed E-state index contributed by atoms with van der Waals surface area (Å²) in [6.45, 7) is 11.8. The molecule has 1 aromatic rings. The molecule has 2 heteroatoms. The Morgan fingerprint density at radius 2 is 1.63 bits per heavy atom. The third kappa shape index (κ3) is 5.17. The van der Waals surface area contributed by atoms with Gasteiger partial charge in [0.2, 0.25) is 0 Å². The molecule has 1 aromatic carbocycles. The molecule has 0 aliphatic carbocycles. The van der Waals surface area contributed by atoms with Crippen LogP contribution in [0.1, 0.15) is 19.4 Å². The average molecular weight is 258 g/mol. The van der Waals surface area contributed by atoms with E-state index in [2.05, 4.69) is 66.1 Å². The van der Waals surface area contributed by atoms with Gasteiger partial charge in [0, 0.05) is 39.3 Å². The second-order valence-corrected chi connectivity index (χ2v) is 5.81. The summed E-state index contributed by atoms with van der Waals surface area (Å²) in [6.07, 6.45) is 4.51. The van der Waals surface area contributed by atoms with Crippen molar-refractivity contribution in [1.82, 2.24) is 9.80 Å². The van der Waals surface area contributed by atoms with Gasteiger partial charge in [0.05, 0.1) is 0 Å².